The molecule has 7 nitrogen and oxygen atoms in total. The predicted molar refractivity (Wildman–Crippen MR) is 99.1 cm³/mol. The number of nitrogens with one attached hydrogen (secondary N) is 2. The Balaban J connectivity index is 0.00000243. The standard InChI is InChI=1S/C18H28N5O2.K/c1-18(25)7-10-23(11-8-18)9-6-13-2-4-14(5-3-13)20-17-16(24)15(12-19)21-22-17;/h2-5,17,20-21,24-25H,6-12,19H2,1H3;/q-1;+1. The van der Waals surface area contributed by atoms with Crippen molar-refractivity contribution in [3.63, 3.8) is 0 Å². The van der Waals surface area contributed by atoms with Crippen LogP contribution in [-0.4, -0.2) is 53.1 Å². The number of nitrogens with zero attached hydrogens (tertiary/aromatic N) is 2. The van der Waals surface area contributed by atoms with E-state index in [4.69, 9.17) is 5.73 Å². The Morgan fingerprint density at radius 2 is 1.96 bits per heavy atom. The van der Waals surface area contributed by atoms with Gasteiger partial charge in [0.25, 0.3) is 0 Å². The van der Waals surface area contributed by atoms with Gasteiger partial charge in [-0.2, -0.15) is 0 Å². The van der Waals surface area contributed by atoms with Crippen molar-refractivity contribution in [1.29, 1.82) is 0 Å². The molecule has 1 atom stereocenters. The van der Waals surface area contributed by atoms with Crippen molar-refractivity contribution < 1.29 is 61.6 Å². The summed E-state index contributed by atoms with van der Waals surface area (Å²) in [7, 11) is 0. The molecule has 0 bridgehead atoms. The van der Waals surface area contributed by atoms with Crippen LogP contribution in [0.2, 0.25) is 0 Å². The second kappa shape index (κ2) is 9.86. The topological polar surface area (TPSA) is 108 Å². The quantitative estimate of drug-likeness (QED) is 0.379. The molecular formula is C18H28KN5O2. The van der Waals surface area contributed by atoms with Gasteiger partial charge in [0, 0.05) is 43.7 Å². The molecule has 6 N–H and O–H groups in total. The number of anilines is 1. The molecule has 0 amide bonds. The van der Waals surface area contributed by atoms with Gasteiger partial charge in [0.05, 0.1) is 5.60 Å². The summed E-state index contributed by atoms with van der Waals surface area (Å²) in [5.41, 5.74) is 14.6. The first-order valence-corrected chi connectivity index (χ1v) is 8.85. The van der Waals surface area contributed by atoms with E-state index in [1.807, 2.05) is 19.1 Å². The largest absolute Gasteiger partial charge is 1.00 e. The molecule has 1 fully saturated rings. The molecular weight excluding hydrogens is 357 g/mol. The molecule has 8 heteroatoms. The number of likely N-dealkylation sites (tertiary alicyclic amines) is 1. The minimum Gasteiger partial charge on any atom is -0.545 e. The normalized spacial score (nSPS) is 22.7. The number of benzene rings is 1. The van der Waals surface area contributed by atoms with Gasteiger partial charge in [-0.05, 0) is 43.9 Å². The van der Waals surface area contributed by atoms with Crippen molar-refractivity contribution >= 4 is 5.69 Å². The first kappa shape index (κ1) is 22.1. The Labute approximate surface area is 197 Å². The zero-order chi connectivity index (χ0) is 17.9. The van der Waals surface area contributed by atoms with Gasteiger partial charge >= 0.3 is 51.4 Å². The summed E-state index contributed by atoms with van der Waals surface area (Å²) < 4.78 is 0. The average molecular weight is 386 g/mol. The van der Waals surface area contributed by atoms with Gasteiger partial charge in [0.2, 0.25) is 0 Å². The SMILES string of the molecule is CC1(O)CCN(CCc2ccc(NC3[N-]NC(CN)=C3O)cc2)CC1.[K+]. The molecule has 2 aliphatic rings. The Morgan fingerprint density at radius 3 is 2.54 bits per heavy atom. The number of aliphatic hydroxyl groups excluding tert-OH is 1. The Kier molecular flexibility index (Phi) is 8.39. The van der Waals surface area contributed by atoms with Gasteiger partial charge in [0.15, 0.2) is 0 Å². The van der Waals surface area contributed by atoms with E-state index in [0.717, 1.165) is 44.6 Å². The molecule has 1 aromatic rings. The number of piperidine rings is 1. The van der Waals surface area contributed by atoms with E-state index in [1.165, 1.54) is 5.56 Å². The maximum atomic E-state index is 10.0. The van der Waals surface area contributed by atoms with E-state index >= 15 is 0 Å². The van der Waals surface area contributed by atoms with E-state index < -0.39 is 11.8 Å². The Bertz CT molecular complexity index is 611. The molecule has 0 aliphatic carbocycles. The van der Waals surface area contributed by atoms with Crippen LogP contribution in [0.15, 0.2) is 35.7 Å². The smallest absolute Gasteiger partial charge is 0.545 e. The summed E-state index contributed by atoms with van der Waals surface area (Å²) in [6.45, 7) is 5.08. The van der Waals surface area contributed by atoms with Crippen molar-refractivity contribution in [2.45, 2.75) is 38.0 Å². The fourth-order valence-electron chi connectivity index (χ4n) is 3.15. The third-order valence-corrected chi connectivity index (χ3v) is 5.01. The van der Waals surface area contributed by atoms with Crippen LogP contribution in [0.1, 0.15) is 25.3 Å². The van der Waals surface area contributed by atoms with Crippen LogP contribution < -0.4 is 67.9 Å². The number of aliphatic hydroxyl groups is 2. The number of rotatable bonds is 6. The van der Waals surface area contributed by atoms with Crippen LogP contribution in [0, 0.1) is 0 Å². The summed E-state index contributed by atoms with van der Waals surface area (Å²) in [6.07, 6.45) is 2.18. The molecule has 2 aliphatic heterocycles. The summed E-state index contributed by atoms with van der Waals surface area (Å²) in [5.74, 6) is 0.146. The molecule has 138 valence electrons. The summed E-state index contributed by atoms with van der Waals surface area (Å²) in [4.78, 5) is 2.41. The molecule has 0 saturated carbocycles. The van der Waals surface area contributed by atoms with E-state index in [1.54, 1.807) is 0 Å². The van der Waals surface area contributed by atoms with Gasteiger partial charge in [-0.3, -0.25) is 0 Å². The fourth-order valence-corrected chi connectivity index (χ4v) is 3.15. The third kappa shape index (κ3) is 5.92. The van der Waals surface area contributed by atoms with Gasteiger partial charge < -0.3 is 37.0 Å². The van der Waals surface area contributed by atoms with Crippen LogP contribution in [-0.2, 0) is 6.42 Å². The molecule has 0 radical (unpaired) electrons. The van der Waals surface area contributed by atoms with Crippen LogP contribution in [0.4, 0.5) is 5.69 Å². The third-order valence-electron chi connectivity index (χ3n) is 5.01. The van der Waals surface area contributed by atoms with Crippen molar-refractivity contribution in [3.05, 3.63) is 46.7 Å². The fraction of sp³-hybridized carbons (Fsp3) is 0.556. The zero-order valence-corrected chi connectivity index (χ0v) is 18.8. The van der Waals surface area contributed by atoms with Gasteiger partial charge in [-0.25, -0.2) is 0 Å². The van der Waals surface area contributed by atoms with E-state index in [0.29, 0.717) is 5.70 Å². The second-order valence-electron chi connectivity index (χ2n) is 7.14. The first-order valence-electron chi connectivity index (χ1n) is 8.85. The van der Waals surface area contributed by atoms with Crippen molar-refractivity contribution in [2.75, 3.05) is 31.5 Å². The van der Waals surface area contributed by atoms with Crippen LogP contribution in [0.5, 0.6) is 0 Å². The minimum atomic E-state index is -0.495. The Hall–Kier alpha value is -0.164. The van der Waals surface area contributed by atoms with Crippen molar-refractivity contribution in [1.82, 2.24) is 10.3 Å². The number of hydrogen-bond acceptors (Lipinski definition) is 6. The summed E-state index contributed by atoms with van der Waals surface area (Å²) >= 11 is 0. The molecule has 3 rings (SSSR count). The summed E-state index contributed by atoms with van der Waals surface area (Å²) in [6, 6.07) is 8.18. The Morgan fingerprint density at radius 1 is 1.31 bits per heavy atom. The van der Waals surface area contributed by atoms with E-state index in [-0.39, 0.29) is 63.7 Å². The molecule has 1 aromatic carbocycles. The van der Waals surface area contributed by atoms with Crippen molar-refractivity contribution in [2.24, 2.45) is 5.73 Å². The van der Waals surface area contributed by atoms with Crippen molar-refractivity contribution in [3.8, 4) is 0 Å². The summed E-state index contributed by atoms with van der Waals surface area (Å²) in [5, 5.41) is 23.2. The molecule has 0 spiro atoms. The van der Waals surface area contributed by atoms with Crippen LogP contribution in [0.25, 0.3) is 5.43 Å². The van der Waals surface area contributed by atoms with Gasteiger partial charge in [-0.1, -0.05) is 12.1 Å². The maximum absolute atomic E-state index is 10.0. The molecule has 0 aromatic heterocycles. The van der Waals surface area contributed by atoms with Gasteiger partial charge in [0.1, 0.15) is 5.76 Å². The van der Waals surface area contributed by atoms with E-state index in [2.05, 4.69) is 33.2 Å². The number of hydrogen-bond donors (Lipinski definition) is 5. The zero-order valence-electron chi connectivity index (χ0n) is 15.7. The monoisotopic (exact) mass is 385 g/mol. The minimum absolute atomic E-state index is 0. The number of nitrogens with two attached hydrogens (primary N) is 1. The molecule has 1 saturated heterocycles. The molecule has 2 heterocycles. The van der Waals surface area contributed by atoms with Gasteiger partial charge in [-0.15, -0.1) is 0 Å². The first-order chi connectivity index (χ1) is 12.0. The molecule has 26 heavy (non-hydrogen) atoms. The predicted octanol–water partition coefficient (Wildman–Crippen LogP) is -1.56. The maximum Gasteiger partial charge on any atom is 1.00 e. The van der Waals surface area contributed by atoms with E-state index in [9.17, 15) is 10.2 Å². The molecule has 1 unspecified atom stereocenters. The average Bonchev–Trinajstić information content (AvgIpc) is 2.95. The van der Waals surface area contributed by atoms with Crippen LogP contribution >= 0.6 is 0 Å². The second-order valence-corrected chi connectivity index (χ2v) is 7.14. The van der Waals surface area contributed by atoms with Crippen LogP contribution in [0.3, 0.4) is 0 Å².